The van der Waals surface area contributed by atoms with Crippen LogP contribution in [0.15, 0.2) is 60.8 Å². The molecule has 0 aliphatic rings. The summed E-state index contributed by atoms with van der Waals surface area (Å²) in [6, 6.07) is 14.3. The molecule has 4 rings (SSSR count). The first-order valence-corrected chi connectivity index (χ1v) is 7.07. The lowest BCUT2D eigenvalue weighted by Crippen LogP contribution is -1.89. The van der Waals surface area contributed by atoms with Crippen LogP contribution in [0, 0.1) is 11.6 Å². The van der Waals surface area contributed by atoms with Crippen LogP contribution < -0.4 is 0 Å². The number of benzene rings is 2. The van der Waals surface area contributed by atoms with Crippen LogP contribution in [0.4, 0.5) is 8.78 Å². The number of nitrogens with zero attached hydrogens (tertiary/aromatic N) is 2. The van der Waals surface area contributed by atoms with Crippen molar-refractivity contribution in [2.24, 2.45) is 0 Å². The molecule has 0 bridgehead atoms. The minimum absolute atomic E-state index is 0.287. The van der Waals surface area contributed by atoms with Gasteiger partial charge < -0.3 is 0 Å². The van der Waals surface area contributed by atoms with E-state index in [2.05, 4.69) is 15.2 Å². The Morgan fingerprint density at radius 2 is 1.39 bits per heavy atom. The molecule has 0 saturated carbocycles. The van der Waals surface area contributed by atoms with Gasteiger partial charge in [-0.2, -0.15) is 5.10 Å². The molecule has 0 amide bonds. The lowest BCUT2D eigenvalue weighted by Gasteiger charge is -2.07. The van der Waals surface area contributed by atoms with Crippen molar-refractivity contribution in [2.75, 3.05) is 0 Å². The fourth-order valence-corrected chi connectivity index (χ4v) is 2.57. The third-order valence-electron chi connectivity index (χ3n) is 3.72. The molecule has 0 fully saturated rings. The van der Waals surface area contributed by atoms with Crippen LogP contribution in [-0.2, 0) is 0 Å². The Morgan fingerprint density at radius 1 is 0.783 bits per heavy atom. The molecule has 0 atom stereocenters. The Hall–Kier alpha value is -3.08. The SMILES string of the molecule is Fc1ccc(-c2cc(-c3ccc(F)cc3)c3cn[nH]c3n2)cc1. The van der Waals surface area contributed by atoms with E-state index in [0.29, 0.717) is 11.3 Å². The second-order valence-corrected chi connectivity index (χ2v) is 5.20. The van der Waals surface area contributed by atoms with Crippen molar-refractivity contribution in [2.45, 2.75) is 0 Å². The zero-order valence-electron chi connectivity index (χ0n) is 11.9. The predicted octanol–water partition coefficient (Wildman–Crippen LogP) is 4.57. The number of halogens is 2. The Morgan fingerprint density at radius 3 is 2.04 bits per heavy atom. The molecule has 0 radical (unpaired) electrons. The van der Waals surface area contributed by atoms with Crippen LogP contribution in [0.3, 0.4) is 0 Å². The smallest absolute Gasteiger partial charge is 0.156 e. The highest BCUT2D eigenvalue weighted by molar-refractivity contribution is 5.94. The number of H-pyrrole nitrogens is 1. The second-order valence-electron chi connectivity index (χ2n) is 5.20. The fourth-order valence-electron chi connectivity index (χ4n) is 2.57. The minimum atomic E-state index is -0.296. The maximum atomic E-state index is 13.2. The molecule has 4 aromatic rings. The first kappa shape index (κ1) is 13.6. The van der Waals surface area contributed by atoms with Crippen molar-refractivity contribution in [1.82, 2.24) is 15.2 Å². The summed E-state index contributed by atoms with van der Waals surface area (Å²) in [6.45, 7) is 0. The summed E-state index contributed by atoms with van der Waals surface area (Å²) in [5, 5.41) is 7.74. The van der Waals surface area contributed by atoms with Gasteiger partial charge in [-0.3, -0.25) is 5.10 Å². The van der Waals surface area contributed by atoms with Crippen molar-refractivity contribution in [1.29, 1.82) is 0 Å². The lowest BCUT2D eigenvalue weighted by molar-refractivity contribution is 0.627. The van der Waals surface area contributed by atoms with Gasteiger partial charge in [0, 0.05) is 10.9 Å². The van der Waals surface area contributed by atoms with Gasteiger partial charge in [0.25, 0.3) is 0 Å². The quantitative estimate of drug-likeness (QED) is 0.589. The van der Waals surface area contributed by atoms with Gasteiger partial charge in [-0.15, -0.1) is 0 Å². The third-order valence-corrected chi connectivity index (χ3v) is 3.72. The highest BCUT2D eigenvalue weighted by Gasteiger charge is 2.11. The molecule has 0 aliphatic carbocycles. The molecule has 1 N–H and O–H groups in total. The molecule has 112 valence electrons. The van der Waals surface area contributed by atoms with E-state index in [1.165, 1.54) is 24.3 Å². The van der Waals surface area contributed by atoms with Gasteiger partial charge in [-0.05, 0) is 53.6 Å². The number of pyridine rings is 1. The number of nitrogens with one attached hydrogen (secondary N) is 1. The van der Waals surface area contributed by atoms with Crippen LogP contribution in [0.25, 0.3) is 33.4 Å². The summed E-state index contributed by atoms with van der Waals surface area (Å²) >= 11 is 0. The first-order valence-electron chi connectivity index (χ1n) is 7.07. The Kier molecular flexibility index (Phi) is 3.12. The Bertz CT molecular complexity index is 974. The highest BCUT2D eigenvalue weighted by Crippen LogP contribution is 2.31. The number of hydrogen-bond donors (Lipinski definition) is 1. The van der Waals surface area contributed by atoms with Crippen molar-refractivity contribution in [3.05, 3.63) is 72.4 Å². The largest absolute Gasteiger partial charge is 0.261 e. The van der Waals surface area contributed by atoms with E-state index in [9.17, 15) is 8.78 Å². The molecular weight excluding hydrogens is 296 g/mol. The summed E-state index contributed by atoms with van der Waals surface area (Å²) in [5.41, 5.74) is 3.88. The number of fused-ring (bicyclic) bond motifs is 1. The zero-order chi connectivity index (χ0) is 15.8. The van der Waals surface area contributed by atoms with E-state index >= 15 is 0 Å². The van der Waals surface area contributed by atoms with Gasteiger partial charge in [-0.1, -0.05) is 12.1 Å². The van der Waals surface area contributed by atoms with Gasteiger partial charge in [-0.25, -0.2) is 13.8 Å². The Balaban J connectivity index is 1.94. The monoisotopic (exact) mass is 307 g/mol. The molecule has 2 aromatic carbocycles. The molecule has 2 heterocycles. The number of aromatic amines is 1. The van der Waals surface area contributed by atoms with E-state index in [-0.39, 0.29) is 11.6 Å². The van der Waals surface area contributed by atoms with Crippen LogP contribution in [0.5, 0.6) is 0 Å². The standard InChI is InChI=1S/C18H11F2N3/c19-13-5-1-11(2-6-13)15-9-17(12-3-7-14(20)8-4-12)22-18-16(15)10-21-23-18/h1-10H,(H,21,22,23). The van der Waals surface area contributed by atoms with Crippen LogP contribution in [0.1, 0.15) is 0 Å². The average Bonchev–Trinajstić information content (AvgIpc) is 3.04. The molecule has 3 nitrogen and oxygen atoms in total. The first-order chi connectivity index (χ1) is 11.2. The lowest BCUT2D eigenvalue weighted by atomic mass is 10.0. The molecule has 5 heteroatoms. The normalized spacial score (nSPS) is 11.0. The third kappa shape index (κ3) is 2.46. The summed E-state index contributed by atoms with van der Waals surface area (Å²) in [5.74, 6) is -0.583. The van der Waals surface area contributed by atoms with Crippen LogP contribution in [0.2, 0.25) is 0 Å². The molecule has 0 unspecified atom stereocenters. The Labute approximate surface area is 130 Å². The zero-order valence-corrected chi connectivity index (χ0v) is 11.9. The maximum absolute atomic E-state index is 13.2. The molecule has 0 saturated heterocycles. The van der Waals surface area contributed by atoms with E-state index in [4.69, 9.17) is 0 Å². The maximum Gasteiger partial charge on any atom is 0.156 e. The fraction of sp³-hybridized carbons (Fsp3) is 0. The molecule has 2 aromatic heterocycles. The van der Waals surface area contributed by atoms with Gasteiger partial charge in [0.1, 0.15) is 11.6 Å². The minimum Gasteiger partial charge on any atom is -0.261 e. The summed E-state index contributed by atoms with van der Waals surface area (Å²) < 4.78 is 26.3. The summed E-state index contributed by atoms with van der Waals surface area (Å²) in [4.78, 5) is 4.52. The summed E-state index contributed by atoms with van der Waals surface area (Å²) in [6.07, 6.45) is 1.69. The van der Waals surface area contributed by atoms with E-state index in [1.807, 2.05) is 6.07 Å². The highest BCUT2D eigenvalue weighted by atomic mass is 19.1. The van der Waals surface area contributed by atoms with Crippen molar-refractivity contribution < 1.29 is 8.78 Å². The van der Waals surface area contributed by atoms with E-state index < -0.39 is 0 Å². The topological polar surface area (TPSA) is 41.6 Å². The van der Waals surface area contributed by atoms with Gasteiger partial charge in [0.2, 0.25) is 0 Å². The van der Waals surface area contributed by atoms with Gasteiger partial charge in [0.15, 0.2) is 5.65 Å². The number of rotatable bonds is 2. The molecular formula is C18H11F2N3. The molecule has 0 aliphatic heterocycles. The van der Waals surface area contributed by atoms with Crippen molar-refractivity contribution in [3.8, 4) is 22.4 Å². The number of hydrogen-bond acceptors (Lipinski definition) is 2. The second kappa shape index (κ2) is 5.28. The average molecular weight is 307 g/mol. The van der Waals surface area contributed by atoms with E-state index in [1.54, 1.807) is 30.5 Å². The number of aromatic nitrogens is 3. The van der Waals surface area contributed by atoms with Crippen LogP contribution >= 0.6 is 0 Å². The van der Waals surface area contributed by atoms with Crippen molar-refractivity contribution in [3.63, 3.8) is 0 Å². The summed E-state index contributed by atoms with van der Waals surface area (Å²) in [7, 11) is 0. The van der Waals surface area contributed by atoms with Crippen LogP contribution in [-0.4, -0.2) is 15.2 Å². The molecule has 0 spiro atoms. The van der Waals surface area contributed by atoms with Crippen molar-refractivity contribution >= 4 is 11.0 Å². The van der Waals surface area contributed by atoms with Gasteiger partial charge in [0.05, 0.1) is 11.9 Å². The molecule has 23 heavy (non-hydrogen) atoms. The van der Waals surface area contributed by atoms with Gasteiger partial charge >= 0.3 is 0 Å². The van der Waals surface area contributed by atoms with E-state index in [0.717, 1.165) is 22.1 Å². The predicted molar refractivity (Wildman–Crippen MR) is 84.7 cm³/mol.